The number of Topliss-reactive ketones (excluding diaryl/α,β-unsaturated/α-hetero) is 3. The summed E-state index contributed by atoms with van der Waals surface area (Å²) in [7, 11) is 0. The molecule has 8 nitrogen and oxygen atoms in total. The first-order chi connectivity index (χ1) is 18.7. The van der Waals surface area contributed by atoms with Gasteiger partial charge in [0.25, 0.3) is 0 Å². The third-order valence-corrected chi connectivity index (χ3v) is 7.48. The molecule has 1 amide bonds. The Hall–Kier alpha value is -1.64. The molecule has 1 saturated heterocycles. The maximum Gasteiger partial charge on any atom is 0.222 e. The standard InChI is InChI=1S/C32H58N2O6/c1-22(2)31(37)16-26(9)14-15-29(36)19-33(23(3)4)18-28(35)12-10-11-13-32(38)34-20-30(40-25(7)8)17-27(34)21-39-24(5)6/h22-27,30H,10-21H2,1-9H3/t26?,27-,30+/m0/s1. The summed E-state index contributed by atoms with van der Waals surface area (Å²) in [6.07, 6.45) is 4.78. The van der Waals surface area contributed by atoms with Crippen molar-refractivity contribution in [1.82, 2.24) is 9.80 Å². The number of rotatable bonds is 21. The molecule has 0 radical (unpaired) electrons. The lowest BCUT2D eigenvalue weighted by molar-refractivity contribution is -0.134. The first-order valence-electron chi connectivity index (χ1n) is 15.6. The van der Waals surface area contributed by atoms with Crippen molar-refractivity contribution in [2.45, 2.75) is 144 Å². The van der Waals surface area contributed by atoms with E-state index < -0.39 is 0 Å². The number of hydrogen-bond donors (Lipinski definition) is 0. The summed E-state index contributed by atoms with van der Waals surface area (Å²) >= 11 is 0. The predicted octanol–water partition coefficient (Wildman–Crippen LogP) is 5.25. The van der Waals surface area contributed by atoms with E-state index in [-0.39, 0.29) is 78.6 Å². The van der Waals surface area contributed by atoms with Crippen LogP contribution in [-0.2, 0) is 28.7 Å². The Morgan fingerprint density at radius 3 is 1.98 bits per heavy atom. The Labute approximate surface area is 243 Å². The summed E-state index contributed by atoms with van der Waals surface area (Å²) in [6, 6.07) is 0.103. The molecule has 1 rings (SSSR count). The van der Waals surface area contributed by atoms with E-state index in [0.29, 0.717) is 58.1 Å². The van der Waals surface area contributed by atoms with Gasteiger partial charge in [-0.25, -0.2) is 0 Å². The molecule has 0 aromatic heterocycles. The van der Waals surface area contributed by atoms with Gasteiger partial charge < -0.3 is 14.4 Å². The van der Waals surface area contributed by atoms with Crippen molar-refractivity contribution in [2.24, 2.45) is 11.8 Å². The van der Waals surface area contributed by atoms with Crippen molar-refractivity contribution in [3.63, 3.8) is 0 Å². The third-order valence-electron chi connectivity index (χ3n) is 7.48. The topological polar surface area (TPSA) is 93.2 Å². The Balaban J connectivity index is 2.45. The van der Waals surface area contributed by atoms with Gasteiger partial charge in [-0.2, -0.15) is 0 Å². The SMILES string of the molecule is CC(CCC(=O)CN(CC(=O)CCCCC(=O)N1C[C@H](OC(C)C)C[C@H]1COC(C)C)C(C)C)CC(=O)C(C)C. The normalized spacial score (nSPS) is 18.5. The number of ketones is 3. The van der Waals surface area contributed by atoms with Gasteiger partial charge in [0.15, 0.2) is 0 Å². The zero-order valence-electron chi connectivity index (χ0n) is 26.9. The fraction of sp³-hybridized carbons (Fsp3) is 0.875. The Morgan fingerprint density at radius 2 is 1.43 bits per heavy atom. The van der Waals surface area contributed by atoms with E-state index in [4.69, 9.17) is 9.47 Å². The molecule has 0 bridgehead atoms. The minimum Gasteiger partial charge on any atom is -0.377 e. The first-order valence-corrected chi connectivity index (χ1v) is 15.6. The smallest absolute Gasteiger partial charge is 0.222 e. The predicted molar refractivity (Wildman–Crippen MR) is 159 cm³/mol. The Morgan fingerprint density at radius 1 is 0.825 bits per heavy atom. The highest BCUT2D eigenvalue weighted by molar-refractivity contribution is 5.84. The van der Waals surface area contributed by atoms with E-state index >= 15 is 0 Å². The van der Waals surface area contributed by atoms with Crippen LogP contribution in [0.15, 0.2) is 0 Å². The molecular formula is C32H58N2O6. The molecule has 0 spiro atoms. The van der Waals surface area contributed by atoms with Crippen molar-refractivity contribution in [3.05, 3.63) is 0 Å². The number of likely N-dealkylation sites (tertiary alicyclic amines) is 1. The second-order valence-corrected chi connectivity index (χ2v) is 12.9. The van der Waals surface area contributed by atoms with Gasteiger partial charge in [-0.05, 0) is 73.1 Å². The van der Waals surface area contributed by atoms with Crippen LogP contribution in [0.25, 0.3) is 0 Å². The fourth-order valence-corrected chi connectivity index (χ4v) is 4.99. The van der Waals surface area contributed by atoms with E-state index in [1.54, 1.807) is 0 Å². The largest absolute Gasteiger partial charge is 0.377 e. The molecule has 1 aliphatic rings. The van der Waals surface area contributed by atoms with Crippen molar-refractivity contribution in [2.75, 3.05) is 26.2 Å². The lowest BCUT2D eigenvalue weighted by atomic mass is 9.93. The molecule has 40 heavy (non-hydrogen) atoms. The molecule has 0 aromatic rings. The highest BCUT2D eigenvalue weighted by atomic mass is 16.5. The molecule has 1 heterocycles. The van der Waals surface area contributed by atoms with Crippen LogP contribution in [0.2, 0.25) is 0 Å². The lowest BCUT2D eigenvalue weighted by Gasteiger charge is -2.26. The number of hydrogen-bond acceptors (Lipinski definition) is 7. The van der Waals surface area contributed by atoms with Crippen LogP contribution in [0.4, 0.5) is 0 Å². The Bertz CT molecular complexity index is 794. The van der Waals surface area contributed by atoms with E-state index in [9.17, 15) is 19.2 Å². The van der Waals surface area contributed by atoms with Crippen LogP contribution < -0.4 is 0 Å². The summed E-state index contributed by atoms with van der Waals surface area (Å²) in [4.78, 5) is 54.2. The summed E-state index contributed by atoms with van der Waals surface area (Å²) in [5.41, 5.74) is 0. The molecule has 0 saturated carbocycles. The number of nitrogens with zero attached hydrogens (tertiary/aromatic N) is 2. The fourth-order valence-electron chi connectivity index (χ4n) is 4.99. The number of ether oxygens (including phenoxy) is 2. The van der Waals surface area contributed by atoms with Crippen molar-refractivity contribution >= 4 is 23.3 Å². The summed E-state index contributed by atoms with van der Waals surface area (Å²) < 4.78 is 11.8. The van der Waals surface area contributed by atoms with E-state index in [1.165, 1.54) is 0 Å². The van der Waals surface area contributed by atoms with Gasteiger partial charge in [-0.1, -0.05) is 20.8 Å². The average Bonchev–Trinajstić information content (AvgIpc) is 3.25. The molecule has 0 N–H and O–H groups in total. The van der Waals surface area contributed by atoms with Gasteiger partial charge in [-0.15, -0.1) is 0 Å². The Kier molecular flexibility index (Phi) is 17.0. The second-order valence-electron chi connectivity index (χ2n) is 12.9. The monoisotopic (exact) mass is 566 g/mol. The van der Waals surface area contributed by atoms with Crippen molar-refractivity contribution < 1.29 is 28.7 Å². The maximum absolute atomic E-state index is 13.0. The number of carbonyl (C=O) groups excluding carboxylic acids is 4. The average molecular weight is 567 g/mol. The zero-order chi connectivity index (χ0) is 30.4. The molecule has 232 valence electrons. The van der Waals surface area contributed by atoms with Crippen LogP contribution in [-0.4, -0.2) is 89.7 Å². The van der Waals surface area contributed by atoms with E-state index in [1.807, 2.05) is 72.1 Å². The van der Waals surface area contributed by atoms with Gasteiger partial charge in [0.1, 0.15) is 17.3 Å². The number of unbranched alkanes of at least 4 members (excludes halogenated alkanes) is 1. The number of amides is 1. The van der Waals surface area contributed by atoms with Crippen molar-refractivity contribution in [3.8, 4) is 0 Å². The highest BCUT2D eigenvalue weighted by Crippen LogP contribution is 2.24. The van der Waals surface area contributed by atoms with E-state index in [0.717, 1.165) is 6.42 Å². The molecule has 0 aliphatic carbocycles. The van der Waals surface area contributed by atoms with Gasteiger partial charge in [0.05, 0.1) is 44.1 Å². The summed E-state index contributed by atoms with van der Waals surface area (Å²) in [5.74, 6) is 0.746. The minimum atomic E-state index is 0.0242. The molecule has 1 fully saturated rings. The summed E-state index contributed by atoms with van der Waals surface area (Å²) in [5, 5.41) is 0. The van der Waals surface area contributed by atoms with Gasteiger partial charge in [0.2, 0.25) is 5.91 Å². The lowest BCUT2D eigenvalue weighted by Crippen LogP contribution is -2.39. The molecule has 1 unspecified atom stereocenters. The first kappa shape index (κ1) is 36.4. The van der Waals surface area contributed by atoms with Crippen LogP contribution in [0.1, 0.15) is 114 Å². The molecule has 3 atom stereocenters. The number of carbonyl (C=O) groups is 4. The zero-order valence-corrected chi connectivity index (χ0v) is 26.9. The van der Waals surface area contributed by atoms with Gasteiger partial charge in [-0.3, -0.25) is 24.1 Å². The van der Waals surface area contributed by atoms with Crippen LogP contribution in [0.3, 0.4) is 0 Å². The summed E-state index contributed by atoms with van der Waals surface area (Å²) in [6.45, 7) is 19.4. The third kappa shape index (κ3) is 14.8. The highest BCUT2D eigenvalue weighted by Gasteiger charge is 2.36. The maximum atomic E-state index is 13.0. The van der Waals surface area contributed by atoms with Gasteiger partial charge >= 0.3 is 0 Å². The van der Waals surface area contributed by atoms with Crippen molar-refractivity contribution in [1.29, 1.82) is 0 Å². The second kappa shape index (κ2) is 18.7. The van der Waals surface area contributed by atoms with Crippen LogP contribution in [0.5, 0.6) is 0 Å². The van der Waals surface area contributed by atoms with Crippen LogP contribution in [0, 0.1) is 11.8 Å². The molecule has 0 aromatic carbocycles. The molecular weight excluding hydrogens is 508 g/mol. The quantitative estimate of drug-likeness (QED) is 0.175. The molecule has 1 aliphatic heterocycles. The molecule has 8 heteroatoms. The van der Waals surface area contributed by atoms with E-state index in [2.05, 4.69) is 0 Å². The van der Waals surface area contributed by atoms with Gasteiger partial charge in [0, 0.05) is 44.2 Å². The van der Waals surface area contributed by atoms with Crippen LogP contribution >= 0.6 is 0 Å². The minimum absolute atomic E-state index is 0.0242.